The number of hydrogen-bond acceptors (Lipinski definition) is 3. The third kappa shape index (κ3) is 4.46. The Kier molecular flexibility index (Phi) is 5.26. The van der Waals surface area contributed by atoms with Gasteiger partial charge in [-0.25, -0.2) is 0 Å². The van der Waals surface area contributed by atoms with Crippen LogP contribution in [0.4, 0.5) is 0 Å². The molecule has 1 heterocycles. The van der Waals surface area contributed by atoms with Crippen molar-refractivity contribution in [3.05, 3.63) is 23.7 Å². The maximum atomic E-state index is 5.73. The van der Waals surface area contributed by atoms with Gasteiger partial charge in [-0.1, -0.05) is 26.7 Å². The van der Waals surface area contributed by atoms with Crippen molar-refractivity contribution < 1.29 is 9.15 Å². The molecule has 1 aliphatic carbocycles. The Morgan fingerprint density at radius 2 is 2.17 bits per heavy atom. The van der Waals surface area contributed by atoms with Gasteiger partial charge >= 0.3 is 0 Å². The molecule has 0 unspecified atom stereocenters. The summed E-state index contributed by atoms with van der Waals surface area (Å²) in [6, 6.07) is 2.59. The standard InChI is InChI=1S/C15H25NO2/c1-12(2)16-8-14-7-15(18-10-14)11-17-9-13-5-3-4-6-13/h7,10,12-13,16H,3-6,8-9,11H2,1-2H3. The number of hydrogen-bond donors (Lipinski definition) is 1. The van der Waals surface area contributed by atoms with Crippen molar-refractivity contribution in [2.75, 3.05) is 6.61 Å². The van der Waals surface area contributed by atoms with Crippen LogP contribution in [-0.2, 0) is 17.9 Å². The summed E-state index contributed by atoms with van der Waals surface area (Å²) in [4.78, 5) is 0. The highest BCUT2D eigenvalue weighted by Crippen LogP contribution is 2.25. The van der Waals surface area contributed by atoms with Crippen molar-refractivity contribution in [3.8, 4) is 0 Å². The van der Waals surface area contributed by atoms with Crippen molar-refractivity contribution in [2.24, 2.45) is 5.92 Å². The van der Waals surface area contributed by atoms with E-state index in [1.165, 1.54) is 31.2 Å². The van der Waals surface area contributed by atoms with Crippen LogP contribution < -0.4 is 5.32 Å². The van der Waals surface area contributed by atoms with Gasteiger partial charge in [0.1, 0.15) is 12.4 Å². The van der Waals surface area contributed by atoms with Crippen molar-refractivity contribution in [2.45, 2.75) is 58.7 Å². The molecule has 1 aromatic rings. The minimum Gasteiger partial charge on any atom is -0.467 e. The molecule has 0 bridgehead atoms. The second kappa shape index (κ2) is 6.95. The molecule has 1 aliphatic rings. The zero-order valence-electron chi connectivity index (χ0n) is 11.6. The third-order valence-corrected chi connectivity index (χ3v) is 3.50. The molecule has 2 rings (SSSR count). The van der Waals surface area contributed by atoms with E-state index in [0.717, 1.165) is 24.8 Å². The molecule has 3 nitrogen and oxygen atoms in total. The van der Waals surface area contributed by atoms with Gasteiger partial charge in [-0.05, 0) is 24.8 Å². The van der Waals surface area contributed by atoms with Crippen LogP contribution in [0.1, 0.15) is 50.9 Å². The highest BCUT2D eigenvalue weighted by molar-refractivity contribution is 5.12. The van der Waals surface area contributed by atoms with Gasteiger partial charge in [0.25, 0.3) is 0 Å². The first kappa shape index (κ1) is 13.6. The van der Waals surface area contributed by atoms with Gasteiger partial charge in [0.2, 0.25) is 0 Å². The van der Waals surface area contributed by atoms with Crippen LogP contribution in [-0.4, -0.2) is 12.6 Å². The average molecular weight is 251 g/mol. The molecule has 1 aromatic heterocycles. The predicted molar refractivity (Wildman–Crippen MR) is 72.3 cm³/mol. The largest absolute Gasteiger partial charge is 0.467 e. The minimum absolute atomic E-state index is 0.502. The number of nitrogens with one attached hydrogen (secondary N) is 1. The Morgan fingerprint density at radius 3 is 2.89 bits per heavy atom. The first-order valence-electron chi connectivity index (χ1n) is 7.11. The SMILES string of the molecule is CC(C)NCc1coc(COCC2CCCC2)c1. The van der Waals surface area contributed by atoms with Crippen molar-refractivity contribution in [1.29, 1.82) is 0 Å². The molecule has 18 heavy (non-hydrogen) atoms. The van der Waals surface area contributed by atoms with Gasteiger partial charge in [-0.3, -0.25) is 0 Å². The van der Waals surface area contributed by atoms with E-state index in [-0.39, 0.29) is 0 Å². The molecular formula is C15H25NO2. The van der Waals surface area contributed by atoms with E-state index in [1.807, 2.05) is 6.26 Å². The molecule has 1 saturated carbocycles. The molecule has 0 aromatic carbocycles. The lowest BCUT2D eigenvalue weighted by atomic mass is 10.1. The third-order valence-electron chi connectivity index (χ3n) is 3.50. The normalized spacial score (nSPS) is 16.8. The van der Waals surface area contributed by atoms with Gasteiger partial charge in [0.05, 0.1) is 6.26 Å². The number of furan rings is 1. The Bertz CT molecular complexity index is 340. The van der Waals surface area contributed by atoms with Crippen LogP contribution in [0.5, 0.6) is 0 Å². The summed E-state index contributed by atoms with van der Waals surface area (Å²) in [5.74, 6) is 1.72. The fourth-order valence-corrected chi connectivity index (χ4v) is 2.42. The second-order valence-electron chi connectivity index (χ2n) is 5.62. The summed E-state index contributed by atoms with van der Waals surface area (Å²) in [5, 5.41) is 3.38. The summed E-state index contributed by atoms with van der Waals surface area (Å²) >= 11 is 0. The van der Waals surface area contributed by atoms with Gasteiger partial charge < -0.3 is 14.5 Å². The van der Waals surface area contributed by atoms with Crippen LogP contribution in [0.25, 0.3) is 0 Å². The molecule has 0 atom stereocenters. The summed E-state index contributed by atoms with van der Waals surface area (Å²) in [5.41, 5.74) is 1.20. The monoisotopic (exact) mass is 251 g/mol. The first-order chi connectivity index (χ1) is 8.74. The van der Waals surface area contributed by atoms with Gasteiger partial charge in [-0.15, -0.1) is 0 Å². The van der Waals surface area contributed by atoms with Crippen LogP contribution in [0.3, 0.4) is 0 Å². The first-order valence-corrected chi connectivity index (χ1v) is 7.11. The van der Waals surface area contributed by atoms with E-state index >= 15 is 0 Å². The summed E-state index contributed by atoms with van der Waals surface area (Å²) in [6.07, 6.45) is 7.24. The van der Waals surface area contributed by atoms with E-state index in [0.29, 0.717) is 12.6 Å². The number of rotatable bonds is 7. The van der Waals surface area contributed by atoms with E-state index in [9.17, 15) is 0 Å². The van der Waals surface area contributed by atoms with Crippen molar-refractivity contribution in [1.82, 2.24) is 5.32 Å². The Hall–Kier alpha value is -0.800. The molecular weight excluding hydrogens is 226 g/mol. The minimum atomic E-state index is 0.502. The van der Waals surface area contributed by atoms with Crippen molar-refractivity contribution in [3.63, 3.8) is 0 Å². The van der Waals surface area contributed by atoms with E-state index in [2.05, 4.69) is 25.2 Å². The zero-order valence-corrected chi connectivity index (χ0v) is 11.6. The highest BCUT2D eigenvalue weighted by atomic mass is 16.5. The molecule has 102 valence electrons. The Balaban J connectivity index is 1.66. The smallest absolute Gasteiger partial charge is 0.129 e. The predicted octanol–water partition coefficient (Wildman–Crippen LogP) is 3.48. The van der Waals surface area contributed by atoms with E-state index < -0.39 is 0 Å². The molecule has 1 N–H and O–H groups in total. The van der Waals surface area contributed by atoms with Crippen LogP contribution in [0.2, 0.25) is 0 Å². The molecule has 0 spiro atoms. The van der Waals surface area contributed by atoms with Gasteiger partial charge in [-0.2, -0.15) is 0 Å². The fourth-order valence-electron chi connectivity index (χ4n) is 2.42. The van der Waals surface area contributed by atoms with Gasteiger partial charge in [0, 0.05) is 24.8 Å². The molecule has 0 radical (unpaired) electrons. The molecule has 3 heteroatoms. The van der Waals surface area contributed by atoms with Crippen LogP contribution >= 0.6 is 0 Å². The van der Waals surface area contributed by atoms with E-state index in [4.69, 9.17) is 9.15 Å². The Labute approximate surface area is 110 Å². The summed E-state index contributed by atoms with van der Waals surface area (Å²) < 4.78 is 11.2. The quantitative estimate of drug-likeness (QED) is 0.805. The summed E-state index contributed by atoms with van der Waals surface area (Å²) in [6.45, 7) is 6.65. The van der Waals surface area contributed by atoms with Crippen LogP contribution in [0, 0.1) is 5.92 Å². The number of ether oxygens (including phenoxy) is 1. The fraction of sp³-hybridized carbons (Fsp3) is 0.733. The molecule has 0 aliphatic heterocycles. The van der Waals surface area contributed by atoms with Crippen molar-refractivity contribution >= 4 is 0 Å². The highest BCUT2D eigenvalue weighted by Gasteiger charge is 2.15. The van der Waals surface area contributed by atoms with Crippen LogP contribution in [0.15, 0.2) is 16.7 Å². The molecule has 0 saturated heterocycles. The second-order valence-corrected chi connectivity index (χ2v) is 5.62. The Morgan fingerprint density at radius 1 is 1.39 bits per heavy atom. The maximum absolute atomic E-state index is 5.73. The average Bonchev–Trinajstić information content (AvgIpc) is 2.97. The maximum Gasteiger partial charge on any atom is 0.129 e. The lowest BCUT2D eigenvalue weighted by molar-refractivity contribution is 0.0771. The van der Waals surface area contributed by atoms with Gasteiger partial charge in [0.15, 0.2) is 0 Å². The van der Waals surface area contributed by atoms with E-state index in [1.54, 1.807) is 0 Å². The molecule has 1 fully saturated rings. The lowest BCUT2D eigenvalue weighted by Crippen LogP contribution is -2.21. The summed E-state index contributed by atoms with van der Waals surface area (Å²) in [7, 11) is 0. The molecule has 0 amide bonds. The topological polar surface area (TPSA) is 34.4 Å². The lowest BCUT2D eigenvalue weighted by Gasteiger charge is -2.08. The zero-order chi connectivity index (χ0) is 12.8.